The van der Waals surface area contributed by atoms with Gasteiger partial charge < -0.3 is 11.1 Å². The average molecular weight is 248 g/mol. The second kappa shape index (κ2) is 6.55. The first kappa shape index (κ1) is 14.7. The molecule has 1 unspecified atom stereocenters. The first-order valence-electron chi connectivity index (χ1n) is 6.46. The van der Waals surface area contributed by atoms with Crippen LogP contribution in [0, 0.1) is 11.3 Å². The van der Waals surface area contributed by atoms with Crippen LogP contribution in [-0.4, -0.2) is 19.0 Å². The van der Waals surface area contributed by atoms with Crippen molar-refractivity contribution in [2.24, 2.45) is 17.1 Å². The Morgan fingerprint density at radius 3 is 2.50 bits per heavy atom. The van der Waals surface area contributed by atoms with Crippen molar-refractivity contribution in [2.45, 2.75) is 27.2 Å². The van der Waals surface area contributed by atoms with Crippen LogP contribution in [0.3, 0.4) is 0 Å². The van der Waals surface area contributed by atoms with E-state index in [1.54, 1.807) is 0 Å². The molecule has 0 aliphatic rings. The molecule has 0 spiro atoms. The molecule has 1 amide bonds. The third-order valence-electron chi connectivity index (χ3n) is 3.07. The summed E-state index contributed by atoms with van der Waals surface area (Å²) in [5.41, 5.74) is 6.82. The number of carbonyl (C=O) groups is 1. The van der Waals surface area contributed by atoms with Crippen LogP contribution in [0.25, 0.3) is 0 Å². The summed E-state index contributed by atoms with van der Waals surface area (Å²) in [6.07, 6.45) is 0.950. The predicted molar refractivity (Wildman–Crippen MR) is 75.2 cm³/mol. The van der Waals surface area contributed by atoms with Crippen LogP contribution in [0.5, 0.6) is 0 Å². The monoisotopic (exact) mass is 248 g/mol. The molecule has 0 aliphatic heterocycles. The first-order chi connectivity index (χ1) is 8.44. The Morgan fingerprint density at radius 1 is 1.33 bits per heavy atom. The quantitative estimate of drug-likeness (QED) is 0.808. The van der Waals surface area contributed by atoms with Crippen LogP contribution in [-0.2, 0) is 11.2 Å². The number of benzene rings is 1. The standard InChI is InChI=1S/C15H24N2O/c1-12(10-16)14(18)17-11-15(2,3)9-13-7-5-4-6-8-13/h4-8,12H,9-11,16H2,1-3H3,(H,17,18). The number of rotatable bonds is 6. The van der Waals surface area contributed by atoms with E-state index in [9.17, 15) is 4.79 Å². The molecule has 1 rings (SSSR count). The van der Waals surface area contributed by atoms with Crippen LogP contribution in [0.1, 0.15) is 26.3 Å². The van der Waals surface area contributed by atoms with Crippen molar-refractivity contribution in [3.05, 3.63) is 35.9 Å². The molecule has 0 aromatic heterocycles. The summed E-state index contributed by atoms with van der Waals surface area (Å²) in [5, 5.41) is 2.97. The summed E-state index contributed by atoms with van der Waals surface area (Å²) >= 11 is 0. The highest BCUT2D eigenvalue weighted by atomic mass is 16.1. The largest absolute Gasteiger partial charge is 0.355 e. The summed E-state index contributed by atoms with van der Waals surface area (Å²) in [7, 11) is 0. The van der Waals surface area contributed by atoms with E-state index in [-0.39, 0.29) is 17.2 Å². The van der Waals surface area contributed by atoms with E-state index in [0.29, 0.717) is 13.1 Å². The van der Waals surface area contributed by atoms with Crippen LogP contribution in [0.2, 0.25) is 0 Å². The number of carbonyl (C=O) groups excluding carboxylic acids is 1. The summed E-state index contributed by atoms with van der Waals surface area (Å²) in [4.78, 5) is 11.7. The number of hydrogen-bond acceptors (Lipinski definition) is 2. The highest BCUT2D eigenvalue weighted by Crippen LogP contribution is 2.20. The molecule has 3 nitrogen and oxygen atoms in total. The Kier molecular flexibility index (Phi) is 5.35. The topological polar surface area (TPSA) is 55.1 Å². The molecule has 18 heavy (non-hydrogen) atoms. The number of hydrogen-bond donors (Lipinski definition) is 2. The Hall–Kier alpha value is -1.35. The minimum absolute atomic E-state index is 0.0404. The molecule has 0 aliphatic carbocycles. The minimum Gasteiger partial charge on any atom is -0.355 e. The van der Waals surface area contributed by atoms with Crippen molar-refractivity contribution in [3.8, 4) is 0 Å². The maximum Gasteiger partial charge on any atom is 0.224 e. The Labute approximate surface area is 110 Å². The zero-order valence-electron chi connectivity index (χ0n) is 11.6. The molecular formula is C15H24N2O. The Balaban J connectivity index is 2.47. The fourth-order valence-corrected chi connectivity index (χ4v) is 1.82. The highest BCUT2D eigenvalue weighted by molar-refractivity contribution is 5.78. The van der Waals surface area contributed by atoms with E-state index >= 15 is 0 Å². The maximum atomic E-state index is 11.7. The number of nitrogens with one attached hydrogen (secondary N) is 1. The SMILES string of the molecule is CC(CN)C(=O)NCC(C)(C)Cc1ccccc1. The molecule has 1 aromatic rings. The summed E-state index contributed by atoms with van der Waals surface area (Å²) in [5.74, 6) is -0.0730. The summed E-state index contributed by atoms with van der Waals surface area (Å²) in [6.45, 7) is 7.23. The van der Waals surface area contributed by atoms with Crippen molar-refractivity contribution in [3.63, 3.8) is 0 Å². The molecule has 0 radical (unpaired) electrons. The molecule has 0 saturated heterocycles. The van der Waals surface area contributed by atoms with Crippen molar-refractivity contribution in [1.29, 1.82) is 0 Å². The maximum absolute atomic E-state index is 11.7. The van der Waals surface area contributed by atoms with Gasteiger partial charge in [-0.25, -0.2) is 0 Å². The van der Waals surface area contributed by atoms with Gasteiger partial charge in [0.2, 0.25) is 5.91 Å². The van der Waals surface area contributed by atoms with Crippen molar-refractivity contribution in [2.75, 3.05) is 13.1 Å². The molecule has 0 fully saturated rings. The molecule has 0 bridgehead atoms. The van der Waals surface area contributed by atoms with E-state index in [2.05, 4.69) is 31.3 Å². The van der Waals surface area contributed by atoms with Gasteiger partial charge in [0, 0.05) is 19.0 Å². The van der Waals surface area contributed by atoms with E-state index in [4.69, 9.17) is 5.73 Å². The van der Waals surface area contributed by atoms with E-state index in [0.717, 1.165) is 6.42 Å². The molecule has 0 saturated carbocycles. The minimum atomic E-state index is -0.113. The van der Waals surface area contributed by atoms with Crippen molar-refractivity contribution < 1.29 is 4.79 Å². The second-order valence-electron chi connectivity index (χ2n) is 5.68. The van der Waals surface area contributed by atoms with Crippen molar-refractivity contribution >= 4 is 5.91 Å². The summed E-state index contributed by atoms with van der Waals surface area (Å²) < 4.78 is 0. The van der Waals surface area contributed by atoms with Crippen LogP contribution >= 0.6 is 0 Å². The van der Waals surface area contributed by atoms with E-state index in [1.165, 1.54) is 5.56 Å². The fourth-order valence-electron chi connectivity index (χ4n) is 1.82. The Morgan fingerprint density at radius 2 is 1.94 bits per heavy atom. The van der Waals surface area contributed by atoms with Crippen molar-refractivity contribution in [1.82, 2.24) is 5.32 Å². The lowest BCUT2D eigenvalue weighted by atomic mass is 9.85. The van der Waals surface area contributed by atoms with Crippen LogP contribution in [0.15, 0.2) is 30.3 Å². The lowest BCUT2D eigenvalue weighted by Crippen LogP contribution is -2.39. The van der Waals surface area contributed by atoms with E-state index < -0.39 is 0 Å². The van der Waals surface area contributed by atoms with Gasteiger partial charge in [-0.2, -0.15) is 0 Å². The molecule has 1 aromatic carbocycles. The molecule has 3 N–H and O–H groups in total. The van der Waals surface area contributed by atoms with Gasteiger partial charge in [0.25, 0.3) is 0 Å². The summed E-state index contributed by atoms with van der Waals surface area (Å²) in [6, 6.07) is 10.3. The average Bonchev–Trinajstić information content (AvgIpc) is 2.35. The number of amides is 1. The van der Waals surface area contributed by atoms with Crippen LogP contribution < -0.4 is 11.1 Å². The number of nitrogens with two attached hydrogens (primary N) is 1. The van der Waals surface area contributed by atoms with Gasteiger partial charge in [0.05, 0.1) is 0 Å². The molecule has 3 heteroatoms. The first-order valence-corrected chi connectivity index (χ1v) is 6.46. The lowest BCUT2D eigenvalue weighted by Gasteiger charge is -2.26. The zero-order valence-corrected chi connectivity index (χ0v) is 11.6. The van der Waals surface area contributed by atoms with Crippen LogP contribution in [0.4, 0.5) is 0 Å². The second-order valence-corrected chi connectivity index (χ2v) is 5.68. The lowest BCUT2D eigenvalue weighted by molar-refractivity contribution is -0.124. The smallest absolute Gasteiger partial charge is 0.224 e. The molecule has 0 heterocycles. The van der Waals surface area contributed by atoms with E-state index in [1.807, 2.05) is 25.1 Å². The third kappa shape index (κ3) is 4.88. The van der Waals surface area contributed by atoms with Gasteiger partial charge in [-0.15, -0.1) is 0 Å². The normalized spacial score (nSPS) is 13.1. The zero-order chi connectivity index (χ0) is 13.6. The fraction of sp³-hybridized carbons (Fsp3) is 0.533. The van der Waals surface area contributed by atoms with Gasteiger partial charge in [0.15, 0.2) is 0 Å². The molecule has 100 valence electrons. The molecule has 1 atom stereocenters. The molecular weight excluding hydrogens is 224 g/mol. The van der Waals surface area contributed by atoms with Gasteiger partial charge in [-0.3, -0.25) is 4.79 Å². The van der Waals surface area contributed by atoms with Gasteiger partial charge >= 0.3 is 0 Å². The van der Waals surface area contributed by atoms with Gasteiger partial charge in [-0.1, -0.05) is 51.1 Å². The Bertz CT molecular complexity index is 373. The van der Waals surface area contributed by atoms with Gasteiger partial charge in [-0.05, 0) is 17.4 Å². The highest BCUT2D eigenvalue weighted by Gasteiger charge is 2.20. The third-order valence-corrected chi connectivity index (χ3v) is 3.07. The predicted octanol–water partition coefficient (Wildman–Crippen LogP) is 1.97. The van der Waals surface area contributed by atoms with Gasteiger partial charge in [0.1, 0.15) is 0 Å².